The van der Waals surface area contributed by atoms with Crippen LogP contribution in [0.25, 0.3) is 17.0 Å². The van der Waals surface area contributed by atoms with E-state index in [9.17, 15) is 4.79 Å². The second kappa shape index (κ2) is 5.86. The molecule has 1 amide bonds. The minimum absolute atomic E-state index is 0.226. The zero-order valence-corrected chi connectivity index (χ0v) is 13.7. The van der Waals surface area contributed by atoms with E-state index in [0.29, 0.717) is 28.3 Å². The Morgan fingerprint density at radius 1 is 1.16 bits per heavy atom. The van der Waals surface area contributed by atoms with Crippen molar-refractivity contribution < 1.29 is 9.21 Å². The summed E-state index contributed by atoms with van der Waals surface area (Å²) in [5, 5.41) is 2.85. The Morgan fingerprint density at radius 3 is 2.76 bits per heavy atom. The monoisotopic (exact) mass is 333 g/mol. The quantitative estimate of drug-likeness (QED) is 0.622. The standard InChI is InChI=1S/C18H15N5O2/c1-11-7-12(2)23-6-5-14(17(23)21-11)18(24)22-13-3-4-15(19-8-13)16-9-25-10-20-16/h3-10H,1-2H3,(H,22,24). The summed E-state index contributed by atoms with van der Waals surface area (Å²) >= 11 is 0. The molecule has 0 aliphatic heterocycles. The first-order valence-corrected chi connectivity index (χ1v) is 7.73. The maximum Gasteiger partial charge on any atom is 0.259 e. The van der Waals surface area contributed by atoms with Gasteiger partial charge in [-0.25, -0.2) is 9.97 Å². The lowest BCUT2D eigenvalue weighted by Crippen LogP contribution is -2.12. The number of pyridine rings is 1. The highest BCUT2D eigenvalue weighted by Gasteiger charge is 2.14. The van der Waals surface area contributed by atoms with Crippen molar-refractivity contribution in [1.82, 2.24) is 19.4 Å². The predicted octanol–water partition coefficient (Wildman–Crippen LogP) is 3.25. The molecule has 0 aromatic carbocycles. The molecule has 7 heteroatoms. The molecule has 7 nitrogen and oxygen atoms in total. The number of anilines is 1. The summed E-state index contributed by atoms with van der Waals surface area (Å²) in [6.45, 7) is 3.89. The van der Waals surface area contributed by atoms with Crippen molar-refractivity contribution in [2.24, 2.45) is 0 Å². The molecule has 0 spiro atoms. The first-order chi connectivity index (χ1) is 12.1. The Hall–Kier alpha value is -3.48. The van der Waals surface area contributed by atoms with Crippen LogP contribution in [0.1, 0.15) is 21.7 Å². The van der Waals surface area contributed by atoms with Gasteiger partial charge in [0, 0.05) is 17.6 Å². The Balaban J connectivity index is 1.60. The Labute approximate surface area is 143 Å². The van der Waals surface area contributed by atoms with Crippen LogP contribution in [0.15, 0.2) is 53.7 Å². The molecule has 0 unspecified atom stereocenters. The molecule has 0 atom stereocenters. The molecule has 25 heavy (non-hydrogen) atoms. The van der Waals surface area contributed by atoms with Gasteiger partial charge in [0.15, 0.2) is 6.39 Å². The summed E-state index contributed by atoms with van der Waals surface area (Å²) in [5.41, 5.74) is 4.98. The van der Waals surface area contributed by atoms with Gasteiger partial charge in [-0.05, 0) is 38.1 Å². The summed E-state index contributed by atoms with van der Waals surface area (Å²) in [6, 6.07) is 7.29. The van der Waals surface area contributed by atoms with Gasteiger partial charge in [0.1, 0.15) is 17.6 Å². The summed E-state index contributed by atoms with van der Waals surface area (Å²) in [5.74, 6) is -0.226. The van der Waals surface area contributed by atoms with E-state index in [4.69, 9.17) is 4.42 Å². The minimum Gasteiger partial charge on any atom is -0.451 e. The summed E-state index contributed by atoms with van der Waals surface area (Å²) < 4.78 is 6.84. The van der Waals surface area contributed by atoms with Gasteiger partial charge in [-0.1, -0.05) is 0 Å². The van der Waals surface area contributed by atoms with Crippen LogP contribution in [-0.4, -0.2) is 25.3 Å². The van der Waals surface area contributed by atoms with Crippen LogP contribution in [0.5, 0.6) is 0 Å². The first-order valence-electron chi connectivity index (χ1n) is 7.73. The fraction of sp³-hybridized carbons (Fsp3) is 0.111. The molecule has 1 N–H and O–H groups in total. The van der Waals surface area contributed by atoms with Gasteiger partial charge in [-0.3, -0.25) is 9.78 Å². The smallest absolute Gasteiger partial charge is 0.259 e. The van der Waals surface area contributed by atoms with Gasteiger partial charge in [-0.15, -0.1) is 0 Å². The Bertz CT molecular complexity index is 1050. The van der Waals surface area contributed by atoms with Gasteiger partial charge >= 0.3 is 0 Å². The lowest BCUT2D eigenvalue weighted by molar-refractivity contribution is 0.102. The van der Waals surface area contributed by atoms with Crippen molar-refractivity contribution >= 4 is 17.2 Å². The largest absolute Gasteiger partial charge is 0.451 e. The third-order valence-corrected chi connectivity index (χ3v) is 3.90. The van der Waals surface area contributed by atoms with Gasteiger partial charge in [0.25, 0.3) is 5.91 Å². The van der Waals surface area contributed by atoms with E-state index >= 15 is 0 Å². The lowest BCUT2D eigenvalue weighted by atomic mass is 10.2. The summed E-state index contributed by atoms with van der Waals surface area (Å²) in [7, 11) is 0. The molecular formula is C18H15N5O2. The molecule has 4 aromatic heterocycles. The fourth-order valence-electron chi connectivity index (χ4n) is 2.73. The third kappa shape index (κ3) is 2.76. The number of amides is 1. The Kier molecular flexibility index (Phi) is 3.53. The highest BCUT2D eigenvalue weighted by Crippen LogP contribution is 2.19. The van der Waals surface area contributed by atoms with Crippen LogP contribution in [0.4, 0.5) is 5.69 Å². The zero-order chi connectivity index (χ0) is 17.4. The first kappa shape index (κ1) is 15.1. The number of fused-ring (bicyclic) bond motifs is 1. The number of rotatable bonds is 3. The molecular weight excluding hydrogens is 318 g/mol. The van der Waals surface area contributed by atoms with Gasteiger partial charge in [-0.2, -0.15) is 0 Å². The molecule has 0 bridgehead atoms. The van der Waals surface area contributed by atoms with Crippen LogP contribution in [0.2, 0.25) is 0 Å². The fourth-order valence-corrected chi connectivity index (χ4v) is 2.73. The highest BCUT2D eigenvalue weighted by atomic mass is 16.3. The molecule has 4 rings (SSSR count). The highest BCUT2D eigenvalue weighted by molar-refractivity contribution is 6.08. The SMILES string of the molecule is Cc1cc(C)n2ccc(C(=O)Nc3ccc(-c4cocn4)nc3)c2n1. The number of nitrogens with one attached hydrogen (secondary N) is 1. The van der Waals surface area contributed by atoms with E-state index in [1.165, 1.54) is 12.7 Å². The maximum atomic E-state index is 12.6. The number of aromatic nitrogens is 4. The predicted molar refractivity (Wildman–Crippen MR) is 92.4 cm³/mol. The molecule has 0 aliphatic rings. The van der Waals surface area contributed by atoms with Crippen molar-refractivity contribution in [2.45, 2.75) is 13.8 Å². The van der Waals surface area contributed by atoms with Gasteiger partial charge in [0.2, 0.25) is 0 Å². The normalized spacial score (nSPS) is 11.0. The number of oxazole rings is 1. The number of hydrogen-bond acceptors (Lipinski definition) is 5. The lowest BCUT2D eigenvalue weighted by Gasteiger charge is -2.06. The molecule has 124 valence electrons. The van der Waals surface area contributed by atoms with Gasteiger partial charge in [0.05, 0.1) is 23.1 Å². The minimum atomic E-state index is -0.226. The van der Waals surface area contributed by atoms with Crippen LogP contribution in [0.3, 0.4) is 0 Å². The number of hydrogen-bond donors (Lipinski definition) is 1. The molecule has 4 heterocycles. The number of aryl methyl sites for hydroxylation is 2. The van der Waals surface area contributed by atoms with Crippen LogP contribution >= 0.6 is 0 Å². The number of carbonyl (C=O) groups excluding carboxylic acids is 1. The van der Waals surface area contributed by atoms with Crippen molar-refractivity contribution in [2.75, 3.05) is 5.32 Å². The topological polar surface area (TPSA) is 85.3 Å². The molecule has 0 saturated heterocycles. The zero-order valence-electron chi connectivity index (χ0n) is 13.7. The maximum absolute atomic E-state index is 12.6. The van der Waals surface area contributed by atoms with E-state index in [2.05, 4.69) is 20.3 Å². The number of nitrogens with zero attached hydrogens (tertiary/aromatic N) is 4. The molecule has 0 radical (unpaired) electrons. The van der Waals surface area contributed by atoms with Crippen molar-refractivity contribution in [3.05, 3.63) is 66.3 Å². The molecule has 0 fully saturated rings. The molecule has 0 aliphatic carbocycles. The van der Waals surface area contributed by atoms with E-state index in [0.717, 1.165) is 11.4 Å². The van der Waals surface area contributed by atoms with E-state index < -0.39 is 0 Å². The third-order valence-electron chi connectivity index (χ3n) is 3.90. The van der Waals surface area contributed by atoms with Crippen molar-refractivity contribution in [1.29, 1.82) is 0 Å². The summed E-state index contributed by atoms with van der Waals surface area (Å²) in [6.07, 6.45) is 6.30. The van der Waals surface area contributed by atoms with Crippen LogP contribution < -0.4 is 5.32 Å². The average Bonchev–Trinajstić information content (AvgIpc) is 3.25. The van der Waals surface area contributed by atoms with Crippen LogP contribution in [-0.2, 0) is 0 Å². The van der Waals surface area contributed by atoms with Crippen molar-refractivity contribution in [3.8, 4) is 11.4 Å². The second-order valence-electron chi connectivity index (χ2n) is 5.72. The van der Waals surface area contributed by atoms with E-state index in [-0.39, 0.29) is 5.91 Å². The second-order valence-corrected chi connectivity index (χ2v) is 5.72. The van der Waals surface area contributed by atoms with Gasteiger partial charge < -0.3 is 14.1 Å². The van der Waals surface area contributed by atoms with E-state index in [1.54, 1.807) is 24.4 Å². The van der Waals surface area contributed by atoms with E-state index in [1.807, 2.05) is 30.5 Å². The molecule has 4 aromatic rings. The summed E-state index contributed by atoms with van der Waals surface area (Å²) in [4.78, 5) is 25.4. The Morgan fingerprint density at radius 2 is 2.04 bits per heavy atom. The van der Waals surface area contributed by atoms with Crippen LogP contribution in [0, 0.1) is 13.8 Å². The number of carbonyl (C=O) groups is 1. The van der Waals surface area contributed by atoms with Crippen molar-refractivity contribution in [3.63, 3.8) is 0 Å². The molecule has 0 saturated carbocycles. The average molecular weight is 333 g/mol.